The van der Waals surface area contributed by atoms with Crippen molar-refractivity contribution in [3.05, 3.63) is 35.4 Å². The molecular weight excluding hydrogens is 208 g/mol. The van der Waals surface area contributed by atoms with Crippen LogP contribution in [0.2, 0.25) is 0 Å². The summed E-state index contributed by atoms with van der Waals surface area (Å²) in [5, 5.41) is 7.17. The summed E-state index contributed by atoms with van der Waals surface area (Å²) in [4.78, 5) is 0. The minimum Gasteiger partial charge on any atom is -0.317 e. The Hall–Kier alpha value is -0.860. The summed E-state index contributed by atoms with van der Waals surface area (Å²) in [5.74, 6) is 0. The summed E-state index contributed by atoms with van der Waals surface area (Å²) in [7, 11) is 0. The van der Waals surface area contributed by atoms with E-state index in [1.165, 1.54) is 36.9 Å². The number of nitrogens with one attached hydrogen (secondary N) is 2. The van der Waals surface area contributed by atoms with E-state index in [-0.39, 0.29) is 0 Å². The molecular formula is C15H24N2. The van der Waals surface area contributed by atoms with Crippen molar-refractivity contribution in [2.75, 3.05) is 13.1 Å². The van der Waals surface area contributed by atoms with E-state index in [9.17, 15) is 0 Å². The van der Waals surface area contributed by atoms with Crippen molar-refractivity contribution in [2.45, 2.75) is 45.2 Å². The van der Waals surface area contributed by atoms with Crippen LogP contribution < -0.4 is 10.6 Å². The van der Waals surface area contributed by atoms with Crippen LogP contribution in [0.5, 0.6) is 0 Å². The Labute approximate surface area is 105 Å². The Morgan fingerprint density at radius 3 is 2.82 bits per heavy atom. The Bertz CT molecular complexity index is 327. The van der Waals surface area contributed by atoms with Crippen LogP contribution in [0.1, 0.15) is 37.3 Å². The van der Waals surface area contributed by atoms with E-state index in [2.05, 4.69) is 41.8 Å². The molecule has 1 unspecified atom stereocenters. The molecule has 94 valence electrons. The first-order valence-corrected chi connectivity index (χ1v) is 6.91. The molecule has 0 aliphatic carbocycles. The lowest BCUT2D eigenvalue weighted by Crippen LogP contribution is -2.29. The van der Waals surface area contributed by atoms with Crippen LogP contribution >= 0.6 is 0 Å². The first kappa shape index (κ1) is 12.6. The van der Waals surface area contributed by atoms with Crippen LogP contribution in [-0.2, 0) is 13.0 Å². The van der Waals surface area contributed by atoms with Gasteiger partial charge in [-0.1, -0.05) is 31.2 Å². The van der Waals surface area contributed by atoms with Crippen LogP contribution in [0.25, 0.3) is 0 Å². The molecule has 1 aromatic carbocycles. The van der Waals surface area contributed by atoms with Gasteiger partial charge in [0.1, 0.15) is 0 Å². The first-order valence-electron chi connectivity index (χ1n) is 6.91. The summed E-state index contributed by atoms with van der Waals surface area (Å²) in [5.41, 5.74) is 2.94. The molecule has 1 aliphatic heterocycles. The lowest BCUT2D eigenvalue weighted by Gasteiger charge is -2.17. The van der Waals surface area contributed by atoms with Gasteiger partial charge in [0.05, 0.1) is 0 Å². The van der Waals surface area contributed by atoms with E-state index in [4.69, 9.17) is 0 Å². The molecule has 1 saturated heterocycles. The van der Waals surface area contributed by atoms with Crippen molar-refractivity contribution in [3.8, 4) is 0 Å². The van der Waals surface area contributed by atoms with Gasteiger partial charge >= 0.3 is 0 Å². The van der Waals surface area contributed by atoms with Gasteiger partial charge < -0.3 is 10.6 Å². The van der Waals surface area contributed by atoms with E-state index in [0.29, 0.717) is 6.04 Å². The van der Waals surface area contributed by atoms with E-state index < -0.39 is 0 Å². The van der Waals surface area contributed by atoms with Crippen LogP contribution in [0.4, 0.5) is 0 Å². The number of hydrogen-bond acceptors (Lipinski definition) is 2. The van der Waals surface area contributed by atoms with Crippen molar-refractivity contribution >= 4 is 0 Å². The fourth-order valence-electron chi connectivity index (χ4n) is 2.55. The lowest BCUT2D eigenvalue weighted by atomic mass is 10.0. The number of benzene rings is 1. The van der Waals surface area contributed by atoms with Crippen molar-refractivity contribution in [2.24, 2.45) is 0 Å². The van der Waals surface area contributed by atoms with E-state index >= 15 is 0 Å². The molecule has 1 atom stereocenters. The normalized spacial score (nSPS) is 21.1. The van der Waals surface area contributed by atoms with E-state index in [0.717, 1.165) is 19.5 Å². The maximum Gasteiger partial charge on any atom is 0.0210 e. The minimum atomic E-state index is 0.690. The van der Waals surface area contributed by atoms with Gasteiger partial charge in [-0.25, -0.2) is 0 Å². The molecule has 1 fully saturated rings. The summed E-state index contributed by atoms with van der Waals surface area (Å²) >= 11 is 0. The van der Waals surface area contributed by atoms with Crippen LogP contribution in [0, 0.1) is 0 Å². The fourth-order valence-corrected chi connectivity index (χ4v) is 2.55. The van der Waals surface area contributed by atoms with Crippen LogP contribution in [0.15, 0.2) is 24.3 Å². The molecule has 0 saturated carbocycles. The first-order chi connectivity index (χ1) is 8.40. The molecule has 2 nitrogen and oxygen atoms in total. The summed E-state index contributed by atoms with van der Waals surface area (Å²) in [6, 6.07) is 9.46. The molecule has 2 heteroatoms. The Morgan fingerprint density at radius 1 is 1.18 bits per heavy atom. The number of aryl methyl sites for hydroxylation is 1. The van der Waals surface area contributed by atoms with Crippen molar-refractivity contribution in [1.82, 2.24) is 10.6 Å². The predicted octanol–water partition coefficient (Wildman–Crippen LogP) is 2.48. The zero-order chi connectivity index (χ0) is 11.9. The molecule has 0 amide bonds. The Morgan fingerprint density at radius 2 is 2.00 bits per heavy atom. The number of hydrogen-bond donors (Lipinski definition) is 2. The van der Waals surface area contributed by atoms with Gasteiger partial charge in [-0.3, -0.25) is 0 Å². The standard InChI is InChI=1S/C15H24N2/c1-2-13-6-3-4-7-14(13)12-17-15-8-5-10-16-11-9-15/h3-4,6-7,15-17H,2,5,8-12H2,1H3. The third-order valence-corrected chi connectivity index (χ3v) is 3.66. The Kier molecular flexibility index (Phi) is 5.02. The average Bonchev–Trinajstić information content (AvgIpc) is 2.65. The van der Waals surface area contributed by atoms with Crippen LogP contribution in [0.3, 0.4) is 0 Å². The highest BCUT2D eigenvalue weighted by Crippen LogP contribution is 2.11. The quantitative estimate of drug-likeness (QED) is 0.833. The van der Waals surface area contributed by atoms with E-state index in [1.807, 2.05) is 0 Å². The molecule has 17 heavy (non-hydrogen) atoms. The average molecular weight is 232 g/mol. The van der Waals surface area contributed by atoms with Gasteiger partial charge in [0.15, 0.2) is 0 Å². The zero-order valence-corrected chi connectivity index (χ0v) is 10.8. The SMILES string of the molecule is CCc1ccccc1CNC1CCCNCC1. The summed E-state index contributed by atoms with van der Waals surface area (Å²) < 4.78 is 0. The van der Waals surface area contributed by atoms with Gasteiger partial charge in [0.2, 0.25) is 0 Å². The smallest absolute Gasteiger partial charge is 0.0210 e. The minimum absolute atomic E-state index is 0.690. The van der Waals surface area contributed by atoms with Crippen molar-refractivity contribution in [1.29, 1.82) is 0 Å². The van der Waals surface area contributed by atoms with Gasteiger partial charge in [0, 0.05) is 12.6 Å². The highest BCUT2D eigenvalue weighted by molar-refractivity contribution is 5.26. The zero-order valence-electron chi connectivity index (χ0n) is 10.8. The lowest BCUT2D eigenvalue weighted by molar-refractivity contribution is 0.467. The molecule has 2 N–H and O–H groups in total. The van der Waals surface area contributed by atoms with Gasteiger partial charge in [-0.15, -0.1) is 0 Å². The molecule has 0 aromatic heterocycles. The molecule has 1 aromatic rings. The summed E-state index contributed by atoms with van der Waals surface area (Å²) in [6.45, 7) is 5.60. The molecule has 0 radical (unpaired) electrons. The Balaban J connectivity index is 1.87. The molecule has 1 heterocycles. The predicted molar refractivity (Wildman–Crippen MR) is 73.2 cm³/mol. The van der Waals surface area contributed by atoms with Crippen LogP contribution in [-0.4, -0.2) is 19.1 Å². The maximum absolute atomic E-state index is 3.71. The van der Waals surface area contributed by atoms with Crippen molar-refractivity contribution < 1.29 is 0 Å². The second-order valence-corrected chi connectivity index (χ2v) is 4.88. The third-order valence-electron chi connectivity index (χ3n) is 3.66. The second-order valence-electron chi connectivity index (χ2n) is 4.88. The van der Waals surface area contributed by atoms with E-state index in [1.54, 1.807) is 0 Å². The van der Waals surface area contributed by atoms with Gasteiger partial charge in [0.25, 0.3) is 0 Å². The topological polar surface area (TPSA) is 24.1 Å². The monoisotopic (exact) mass is 232 g/mol. The molecule has 2 rings (SSSR count). The maximum atomic E-state index is 3.71. The highest BCUT2D eigenvalue weighted by atomic mass is 14.9. The van der Waals surface area contributed by atoms with Crippen molar-refractivity contribution in [3.63, 3.8) is 0 Å². The highest BCUT2D eigenvalue weighted by Gasteiger charge is 2.11. The molecule has 1 aliphatic rings. The third kappa shape index (κ3) is 3.83. The molecule has 0 bridgehead atoms. The van der Waals surface area contributed by atoms with Gasteiger partial charge in [-0.05, 0) is 49.9 Å². The number of rotatable bonds is 4. The van der Waals surface area contributed by atoms with Gasteiger partial charge in [-0.2, -0.15) is 0 Å². The molecule has 0 spiro atoms. The summed E-state index contributed by atoms with van der Waals surface area (Å²) in [6.07, 6.45) is 4.99. The second kappa shape index (κ2) is 6.77. The fraction of sp³-hybridized carbons (Fsp3) is 0.600. The largest absolute Gasteiger partial charge is 0.317 e.